The predicted molar refractivity (Wildman–Crippen MR) is 52.2 cm³/mol. The minimum Gasteiger partial charge on any atom is -0.393 e. The summed E-state index contributed by atoms with van der Waals surface area (Å²) >= 11 is 0. The van der Waals surface area contributed by atoms with Gasteiger partial charge in [0.1, 0.15) is 0 Å². The Morgan fingerprint density at radius 3 is 2.00 bits per heavy atom. The minimum absolute atomic E-state index is 0.0150. The first-order valence-corrected chi connectivity index (χ1v) is 5.69. The summed E-state index contributed by atoms with van der Waals surface area (Å²) in [5, 5.41) is 10.2. The maximum Gasteiger partial charge on any atom is 0.0607 e. The smallest absolute Gasteiger partial charge is 0.0607 e. The van der Waals surface area contributed by atoms with Crippen molar-refractivity contribution in [3.05, 3.63) is 12.2 Å². The molecule has 0 aromatic heterocycles. The summed E-state index contributed by atoms with van der Waals surface area (Å²) in [6.45, 7) is 0. The van der Waals surface area contributed by atoms with E-state index in [2.05, 4.69) is 12.2 Å². The maximum absolute atomic E-state index is 10.2. The second-order valence-electron chi connectivity index (χ2n) is 5.09. The monoisotopic (exact) mass is 178 g/mol. The van der Waals surface area contributed by atoms with Gasteiger partial charge in [-0.1, -0.05) is 12.2 Å². The van der Waals surface area contributed by atoms with E-state index in [-0.39, 0.29) is 6.10 Å². The summed E-state index contributed by atoms with van der Waals surface area (Å²) in [5.74, 6) is 2.89. The first-order valence-electron chi connectivity index (χ1n) is 5.69. The minimum atomic E-state index is 0.0150. The molecule has 4 unspecified atom stereocenters. The zero-order chi connectivity index (χ0) is 8.84. The third kappa shape index (κ3) is 1.10. The second kappa shape index (κ2) is 2.84. The first kappa shape index (κ1) is 8.05. The fraction of sp³-hybridized carbons (Fsp3) is 0.833. The van der Waals surface area contributed by atoms with Crippen LogP contribution in [0.3, 0.4) is 0 Å². The summed E-state index contributed by atoms with van der Waals surface area (Å²) < 4.78 is 0. The van der Waals surface area contributed by atoms with Gasteiger partial charge >= 0.3 is 0 Å². The highest BCUT2D eigenvalue weighted by molar-refractivity contribution is 5.04. The van der Waals surface area contributed by atoms with Crippen LogP contribution in [0.25, 0.3) is 0 Å². The molecule has 0 amide bonds. The molecule has 1 N–H and O–H groups in total. The Morgan fingerprint density at radius 1 is 0.923 bits per heavy atom. The van der Waals surface area contributed by atoms with Gasteiger partial charge in [-0.2, -0.15) is 0 Å². The molecule has 1 heteroatoms. The number of allylic oxidation sites excluding steroid dienone is 2. The van der Waals surface area contributed by atoms with E-state index >= 15 is 0 Å². The highest BCUT2D eigenvalue weighted by atomic mass is 16.3. The van der Waals surface area contributed by atoms with Gasteiger partial charge in [0.25, 0.3) is 0 Å². The van der Waals surface area contributed by atoms with Crippen molar-refractivity contribution in [1.82, 2.24) is 0 Å². The van der Waals surface area contributed by atoms with Crippen molar-refractivity contribution in [2.75, 3.05) is 0 Å². The molecule has 0 radical (unpaired) electrons. The number of aliphatic hydroxyl groups excluding tert-OH is 1. The molecule has 3 aliphatic rings. The highest BCUT2D eigenvalue weighted by Gasteiger charge is 2.46. The van der Waals surface area contributed by atoms with Gasteiger partial charge in [0.05, 0.1) is 6.10 Å². The van der Waals surface area contributed by atoms with Crippen LogP contribution in [0.2, 0.25) is 0 Å². The molecule has 13 heavy (non-hydrogen) atoms. The van der Waals surface area contributed by atoms with Crippen molar-refractivity contribution in [3.8, 4) is 0 Å². The number of rotatable bonds is 0. The molecule has 2 fully saturated rings. The first-order chi connectivity index (χ1) is 6.36. The molecule has 1 nitrogen and oxygen atoms in total. The molecule has 0 aromatic rings. The van der Waals surface area contributed by atoms with Gasteiger partial charge in [-0.05, 0) is 55.8 Å². The van der Waals surface area contributed by atoms with Crippen LogP contribution in [-0.4, -0.2) is 11.2 Å². The molecule has 4 bridgehead atoms. The van der Waals surface area contributed by atoms with E-state index < -0.39 is 0 Å². The second-order valence-corrected chi connectivity index (χ2v) is 5.09. The topological polar surface area (TPSA) is 20.2 Å². The van der Waals surface area contributed by atoms with E-state index in [1.165, 1.54) is 19.3 Å². The predicted octanol–water partition coefficient (Wildman–Crippen LogP) is 2.36. The summed E-state index contributed by atoms with van der Waals surface area (Å²) in [5.41, 5.74) is 0. The molecule has 0 aliphatic heterocycles. The van der Waals surface area contributed by atoms with Crippen LogP contribution in [0, 0.1) is 23.7 Å². The lowest BCUT2D eigenvalue weighted by atomic mass is 9.70. The fourth-order valence-electron chi connectivity index (χ4n) is 3.88. The Labute approximate surface area is 79.8 Å². The van der Waals surface area contributed by atoms with Crippen molar-refractivity contribution >= 4 is 0 Å². The van der Waals surface area contributed by atoms with Crippen molar-refractivity contribution in [2.24, 2.45) is 23.7 Å². The van der Waals surface area contributed by atoms with E-state index in [1.807, 2.05) is 0 Å². The van der Waals surface area contributed by atoms with Crippen LogP contribution >= 0.6 is 0 Å². The van der Waals surface area contributed by atoms with E-state index in [1.54, 1.807) is 0 Å². The molecule has 72 valence electrons. The average Bonchev–Trinajstić information content (AvgIpc) is 2.51. The summed E-state index contributed by atoms with van der Waals surface area (Å²) in [7, 11) is 0. The zero-order valence-electron chi connectivity index (χ0n) is 8.02. The molecule has 0 spiro atoms. The number of hydrogen-bond acceptors (Lipinski definition) is 1. The lowest BCUT2D eigenvalue weighted by Crippen LogP contribution is -2.38. The number of fused-ring (bicyclic) bond motifs is 6. The van der Waals surface area contributed by atoms with Crippen molar-refractivity contribution in [1.29, 1.82) is 0 Å². The van der Waals surface area contributed by atoms with Gasteiger partial charge in [-0.25, -0.2) is 0 Å². The Bertz CT molecular complexity index is 211. The molecule has 0 aromatic carbocycles. The Hall–Kier alpha value is -0.300. The molecule has 0 saturated heterocycles. The molecule has 0 heterocycles. The number of aliphatic hydroxyl groups is 1. The van der Waals surface area contributed by atoms with Crippen molar-refractivity contribution in [2.45, 2.75) is 38.2 Å². The molecular formula is C12H18O. The van der Waals surface area contributed by atoms with Gasteiger partial charge in [0, 0.05) is 0 Å². The van der Waals surface area contributed by atoms with Crippen molar-refractivity contribution < 1.29 is 5.11 Å². The summed E-state index contributed by atoms with van der Waals surface area (Å²) in [6.07, 6.45) is 11.1. The lowest BCUT2D eigenvalue weighted by molar-refractivity contribution is -0.0157. The third-order valence-electron chi connectivity index (χ3n) is 4.59. The third-order valence-corrected chi connectivity index (χ3v) is 4.59. The van der Waals surface area contributed by atoms with Crippen LogP contribution in [0.15, 0.2) is 12.2 Å². The Balaban J connectivity index is 1.95. The van der Waals surface area contributed by atoms with E-state index in [0.717, 1.165) is 24.7 Å². The standard InChI is InChI=1S/C12H18O/c13-12-10-3-1-2-4-11(12)9-6-5-8(10)7-9/h1-2,8-13H,3-7H2. The molecular weight excluding hydrogens is 160 g/mol. The van der Waals surface area contributed by atoms with E-state index in [0.29, 0.717) is 11.8 Å². The quantitative estimate of drug-likeness (QED) is 0.565. The van der Waals surface area contributed by atoms with Crippen molar-refractivity contribution in [3.63, 3.8) is 0 Å². The summed E-state index contributed by atoms with van der Waals surface area (Å²) in [4.78, 5) is 0. The zero-order valence-corrected chi connectivity index (χ0v) is 8.02. The SMILES string of the molecule is OC1C2CC=CCC1C1CCC2C1. The van der Waals surface area contributed by atoms with Gasteiger partial charge in [0.2, 0.25) is 0 Å². The average molecular weight is 178 g/mol. The van der Waals surface area contributed by atoms with Crippen LogP contribution in [0.5, 0.6) is 0 Å². The Kier molecular flexibility index (Phi) is 1.76. The number of hydrogen-bond donors (Lipinski definition) is 1. The van der Waals surface area contributed by atoms with Crippen LogP contribution in [0.4, 0.5) is 0 Å². The largest absolute Gasteiger partial charge is 0.393 e. The molecule has 4 atom stereocenters. The molecule has 3 rings (SSSR count). The Morgan fingerprint density at radius 2 is 1.46 bits per heavy atom. The van der Waals surface area contributed by atoms with Gasteiger partial charge in [-0.15, -0.1) is 0 Å². The van der Waals surface area contributed by atoms with Crippen LogP contribution in [0.1, 0.15) is 32.1 Å². The molecule has 2 saturated carbocycles. The lowest BCUT2D eigenvalue weighted by Gasteiger charge is -2.38. The van der Waals surface area contributed by atoms with Gasteiger partial charge in [0.15, 0.2) is 0 Å². The maximum atomic E-state index is 10.2. The van der Waals surface area contributed by atoms with Gasteiger partial charge < -0.3 is 5.11 Å². The highest BCUT2D eigenvalue weighted by Crippen LogP contribution is 2.51. The van der Waals surface area contributed by atoms with E-state index in [4.69, 9.17) is 0 Å². The van der Waals surface area contributed by atoms with E-state index in [9.17, 15) is 5.11 Å². The normalized spacial score (nSPS) is 53.5. The summed E-state index contributed by atoms with van der Waals surface area (Å²) in [6, 6.07) is 0. The van der Waals surface area contributed by atoms with Crippen LogP contribution < -0.4 is 0 Å². The fourth-order valence-corrected chi connectivity index (χ4v) is 3.88. The van der Waals surface area contributed by atoms with Crippen LogP contribution in [-0.2, 0) is 0 Å². The van der Waals surface area contributed by atoms with Gasteiger partial charge in [-0.3, -0.25) is 0 Å². The molecule has 3 aliphatic carbocycles.